The zero-order valence-electron chi connectivity index (χ0n) is 14.5. The van der Waals surface area contributed by atoms with E-state index in [0.717, 1.165) is 56.9 Å². The number of carboxylic acid groups (broad SMARTS) is 1. The Kier molecular flexibility index (Phi) is 13.3. The summed E-state index contributed by atoms with van der Waals surface area (Å²) in [5, 5.41) is 8.58. The Labute approximate surface area is 157 Å². The molecule has 3 nitrogen and oxygen atoms in total. The number of rotatable bonds is 12. The Morgan fingerprint density at radius 1 is 0.955 bits per heavy atom. The molecule has 22 heavy (non-hydrogen) atoms. The average Bonchev–Trinajstić information content (AvgIpc) is 2.79. The fourth-order valence-electron chi connectivity index (χ4n) is 3.05. The average molecular weight is 317 g/mol. The van der Waals surface area contributed by atoms with E-state index >= 15 is 0 Å². The second-order valence-electron chi connectivity index (χ2n) is 6.12. The first-order chi connectivity index (χ1) is 10.1. The van der Waals surface area contributed by atoms with Gasteiger partial charge < -0.3 is 5.11 Å². The molecule has 1 aliphatic rings. The quantitative estimate of drug-likeness (QED) is 0.443. The molecule has 0 radical (unpaired) electrons. The number of allylic oxidation sites excluding steroid dienone is 2. The Morgan fingerprint density at radius 2 is 1.59 bits per heavy atom. The van der Waals surface area contributed by atoms with Crippen molar-refractivity contribution in [2.75, 3.05) is 0 Å². The van der Waals surface area contributed by atoms with E-state index in [1.54, 1.807) is 0 Å². The number of Topliss-reactive ketones (excluding diaryl/α,β-unsaturated/α-hetero) is 1. The summed E-state index contributed by atoms with van der Waals surface area (Å²) in [6, 6.07) is 0. The van der Waals surface area contributed by atoms with Crippen LogP contribution in [0, 0.1) is 0 Å². The van der Waals surface area contributed by atoms with E-state index in [-0.39, 0.29) is 36.0 Å². The maximum absolute atomic E-state index is 11.9. The number of carboxylic acids is 1. The second kappa shape index (κ2) is 13.3. The first-order valence-corrected chi connectivity index (χ1v) is 8.61. The number of carbonyl (C=O) groups is 2. The van der Waals surface area contributed by atoms with Crippen molar-refractivity contribution in [3.63, 3.8) is 0 Å². The minimum Gasteiger partial charge on any atom is -0.481 e. The fraction of sp³-hybridized carbons (Fsp3) is 0.778. The van der Waals surface area contributed by atoms with Crippen LogP contribution in [0.2, 0.25) is 0 Å². The number of hydrogen-bond acceptors (Lipinski definition) is 2. The number of carbonyl (C=O) groups excluding carboxylic acids is 1. The van der Waals surface area contributed by atoms with Crippen molar-refractivity contribution < 1.29 is 44.3 Å². The van der Waals surface area contributed by atoms with Gasteiger partial charge in [0.2, 0.25) is 0 Å². The van der Waals surface area contributed by atoms with Gasteiger partial charge in [-0.25, -0.2) is 0 Å². The van der Waals surface area contributed by atoms with Crippen molar-refractivity contribution >= 4 is 11.8 Å². The van der Waals surface area contributed by atoms with Crippen molar-refractivity contribution in [3.05, 3.63) is 11.1 Å². The molecule has 0 atom stereocenters. The summed E-state index contributed by atoms with van der Waals surface area (Å²) in [6.07, 6.45) is 12.8. The predicted octanol–water partition coefficient (Wildman–Crippen LogP) is 2.05. The maximum Gasteiger partial charge on any atom is 1.00 e. The van der Waals surface area contributed by atoms with E-state index in [9.17, 15) is 9.59 Å². The SMILES string of the molecule is CCCCCCC1=C(CCCCCCC(=O)O)C(=O)CC1.[Na+]. The Morgan fingerprint density at radius 3 is 2.27 bits per heavy atom. The minimum atomic E-state index is -0.710. The van der Waals surface area contributed by atoms with E-state index in [0.29, 0.717) is 5.78 Å². The Balaban J connectivity index is 0.00000441. The van der Waals surface area contributed by atoms with Gasteiger partial charge in [-0.15, -0.1) is 0 Å². The molecule has 0 amide bonds. The van der Waals surface area contributed by atoms with Gasteiger partial charge in [0.25, 0.3) is 0 Å². The maximum atomic E-state index is 11.9. The zero-order chi connectivity index (χ0) is 15.5. The molecule has 0 spiro atoms. The van der Waals surface area contributed by atoms with Crippen LogP contribution >= 0.6 is 0 Å². The largest absolute Gasteiger partial charge is 1.00 e. The minimum absolute atomic E-state index is 0. The summed E-state index contributed by atoms with van der Waals surface area (Å²) in [5.74, 6) is -0.343. The van der Waals surface area contributed by atoms with Gasteiger partial charge in [-0.3, -0.25) is 9.59 Å². The molecule has 0 heterocycles. The van der Waals surface area contributed by atoms with Gasteiger partial charge in [0.15, 0.2) is 5.78 Å². The van der Waals surface area contributed by atoms with Crippen molar-refractivity contribution in [2.24, 2.45) is 0 Å². The van der Waals surface area contributed by atoms with Crippen LogP contribution in [-0.4, -0.2) is 16.9 Å². The third-order valence-corrected chi connectivity index (χ3v) is 4.32. The summed E-state index contributed by atoms with van der Waals surface area (Å²) < 4.78 is 0. The van der Waals surface area contributed by atoms with Gasteiger partial charge in [-0.1, -0.05) is 44.6 Å². The summed E-state index contributed by atoms with van der Waals surface area (Å²) >= 11 is 0. The molecule has 120 valence electrons. The Hall–Kier alpha value is -0.120. The molecular weight excluding hydrogens is 287 g/mol. The third-order valence-electron chi connectivity index (χ3n) is 4.32. The van der Waals surface area contributed by atoms with E-state index in [1.807, 2.05) is 0 Å². The van der Waals surface area contributed by atoms with Crippen molar-refractivity contribution in [1.29, 1.82) is 0 Å². The summed E-state index contributed by atoms with van der Waals surface area (Å²) in [4.78, 5) is 22.4. The molecule has 1 rings (SSSR count). The predicted molar refractivity (Wildman–Crippen MR) is 85.4 cm³/mol. The van der Waals surface area contributed by atoms with Gasteiger partial charge in [0.1, 0.15) is 0 Å². The molecule has 0 aromatic carbocycles. The molecule has 0 saturated carbocycles. The molecule has 0 unspecified atom stereocenters. The molecule has 0 aromatic rings. The number of ketones is 1. The molecule has 0 fully saturated rings. The van der Waals surface area contributed by atoms with Gasteiger partial charge in [-0.2, -0.15) is 0 Å². The van der Waals surface area contributed by atoms with Crippen LogP contribution in [0.25, 0.3) is 0 Å². The molecule has 1 aliphatic carbocycles. The van der Waals surface area contributed by atoms with E-state index in [2.05, 4.69) is 6.92 Å². The molecule has 0 aliphatic heterocycles. The Bertz CT molecular complexity index is 375. The smallest absolute Gasteiger partial charge is 0.481 e. The molecular formula is C18H30NaO3+. The molecule has 0 aromatic heterocycles. The summed E-state index contributed by atoms with van der Waals surface area (Å²) in [5.41, 5.74) is 2.53. The van der Waals surface area contributed by atoms with Crippen LogP contribution in [-0.2, 0) is 9.59 Å². The normalized spacial score (nSPS) is 14.3. The van der Waals surface area contributed by atoms with Crippen molar-refractivity contribution in [3.8, 4) is 0 Å². The van der Waals surface area contributed by atoms with Crippen LogP contribution < -0.4 is 29.6 Å². The van der Waals surface area contributed by atoms with Crippen LogP contribution in [0.3, 0.4) is 0 Å². The summed E-state index contributed by atoms with van der Waals surface area (Å²) in [7, 11) is 0. The third kappa shape index (κ3) is 9.12. The van der Waals surface area contributed by atoms with Crippen molar-refractivity contribution in [1.82, 2.24) is 0 Å². The summed E-state index contributed by atoms with van der Waals surface area (Å²) in [6.45, 7) is 2.22. The van der Waals surface area contributed by atoms with Gasteiger partial charge in [0.05, 0.1) is 0 Å². The molecule has 0 saturated heterocycles. The van der Waals surface area contributed by atoms with Gasteiger partial charge in [0, 0.05) is 12.8 Å². The van der Waals surface area contributed by atoms with Crippen LogP contribution in [0.15, 0.2) is 11.1 Å². The van der Waals surface area contributed by atoms with Crippen LogP contribution in [0.5, 0.6) is 0 Å². The van der Waals surface area contributed by atoms with Crippen LogP contribution in [0.4, 0.5) is 0 Å². The standard InChI is InChI=1S/C18H30O3.Na/c1-2-3-4-7-10-15-13-14-17(19)16(15)11-8-5-6-9-12-18(20)21;/h2-14H2,1H3,(H,20,21);/q;+1. The van der Waals surface area contributed by atoms with Gasteiger partial charge in [-0.05, 0) is 44.1 Å². The van der Waals surface area contributed by atoms with E-state index < -0.39 is 5.97 Å². The first-order valence-electron chi connectivity index (χ1n) is 8.61. The van der Waals surface area contributed by atoms with Crippen molar-refractivity contribution in [2.45, 2.75) is 90.4 Å². The monoisotopic (exact) mass is 317 g/mol. The molecule has 1 N–H and O–H groups in total. The number of aliphatic carboxylic acids is 1. The topological polar surface area (TPSA) is 54.4 Å². The van der Waals surface area contributed by atoms with Gasteiger partial charge >= 0.3 is 35.5 Å². The molecule has 0 bridgehead atoms. The second-order valence-corrected chi connectivity index (χ2v) is 6.12. The first kappa shape index (κ1) is 21.9. The number of hydrogen-bond donors (Lipinski definition) is 1. The fourth-order valence-corrected chi connectivity index (χ4v) is 3.05. The van der Waals surface area contributed by atoms with Crippen LogP contribution in [0.1, 0.15) is 90.4 Å². The zero-order valence-corrected chi connectivity index (χ0v) is 16.5. The molecule has 4 heteroatoms. The van der Waals surface area contributed by atoms with E-state index in [4.69, 9.17) is 5.11 Å². The number of unbranched alkanes of at least 4 members (excludes halogenated alkanes) is 6. The van der Waals surface area contributed by atoms with E-state index in [1.165, 1.54) is 31.3 Å².